The first-order valence-electron chi connectivity index (χ1n) is 9.45. The van der Waals surface area contributed by atoms with Gasteiger partial charge in [0, 0.05) is 18.3 Å². The highest BCUT2D eigenvalue weighted by Gasteiger charge is 2.18. The van der Waals surface area contributed by atoms with E-state index in [-0.39, 0.29) is 47.7 Å². The van der Waals surface area contributed by atoms with E-state index in [1.807, 2.05) is 41.5 Å². The number of thioether (sulfide) groups is 1. The summed E-state index contributed by atoms with van der Waals surface area (Å²) in [6, 6.07) is 3.24. The average Bonchev–Trinajstić information content (AvgIpc) is 2.64. The van der Waals surface area contributed by atoms with E-state index in [1.165, 1.54) is 0 Å². The van der Waals surface area contributed by atoms with E-state index >= 15 is 0 Å². The molecule has 0 spiro atoms. The molecule has 0 aromatic carbocycles. The van der Waals surface area contributed by atoms with Crippen molar-refractivity contribution in [3.63, 3.8) is 0 Å². The molecular weight excluding hydrogens is 378 g/mol. The topological polar surface area (TPSA) is 97.4 Å². The third-order valence-corrected chi connectivity index (χ3v) is 5.45. The Morgan fingerprint density at radius 1 is 1.00 bits per heavy atom. The molecule has 28 heavy (non-hydrogen) atoms. The fourth-order valence-electron chi connectivity index (χ4n) is 1.93. The second-order valence-corrected chi connectivity index (χ2v) is 8.39. The molecule has 1 aromatic heterocycles. The molecule has 0 saturated carbocycles. The number of amides is 2. The summed E-state index contributed by atoms with van der Waals surface area (Å²) in [5, 5.41) is 6.09. The summed E-state index contributed by atoms with van der Waals surface area (Å²) in [4.78, 5) is 40.5. The number of pyridine rings is 1. The van der Waals surface area contributed by atoms with Crippen LogP contribution in [-0.2, 0) is 14.3 Å². The molecule has 1 rings (SSSR count). The number of hydrogen-bond donors (Lipinski definition) is 2. The van der Waals surface area contributed by atoms with E-state index < -0.39 is 5.97 Å². The van der Waals surface area contributed by atoms with Crippen LogP contribution in [0.4, 0.5) is 0 Å². The minimum Gasteiger partial charge on any atom is -0.452 e. The zero-order valence-corrected chi connectivity index (χ0v) is 18.3. The van der Waals surface area contributed by atoms with E-state index in [4.69, 9.17) is 4.74 Å². The number of nitrogens with one attached hydrogen (secondary N) is 2. The molecule has 0 radical (unpaired) electrons. The minimum atomic E-state index is -0.640. The van der Waals surface area contributed by atoms with Gasteiger partial charge in [0.25, 0.3) is 5.91 Å². The summed E-state index contributed by atoms with van der Waals surface area (Å²) in [6.07, 6.45) is 1.55. The van der Waals surface area contributed by atoms with Gasteiger partial charge >= 0.3 is 5.97 Å². The van der Waals surface area contributed by atoms with Gasteiger partial charge in [-0.3, -0.25) is 9.59 Å². The van der Waals surface area contributed by atoms with Crippen molar-refractivity contribution in [2.75, 3.05) is 12.4 Å². The van der Waals surface area contributed by atoms with Gasteiger partial charge in [-0.1, -0.05) is 39.5 Å². The SMILES string of the molecule is CC(C)[C@@H](C)NC(=O)COC(=O)c1cccnc1SCC(=O)N[C@H](C)C(C)C. The first-order chi connectivity index (χ1) is 13.1. The number of rotatable bonds is 10. The zero-order chi connectivity index (χ0) is 21.3. The molecule has 0 bridgehead atoms. The van der Waals surface area contributed by atoms with Crippen LogP contribution in [0.15, 0.2) is 23.4 Å². The Kier molecular flexibility index (Phi) is 9.99. The summed E-state index contributed by atoms with van der Waals surface area (Å²) in [6.45, 7) is 11.5. The highest BCUT2D eigenvalue weighted by atomic mass is 32.2. The van der Waals surface area contributed by atoms with Gasteiger partial charge in [0.1, 0.15) is 5.03 Å². The number of aromatic nitrogens is 1. The first-order valence-corrected chi connectivity index (χ1v) is 10.4. The molecule has 2 N–H and O–H groups in total. The van der Waals surface area contributed by atoms with E-state index in [1.54, 1.807) is 18.3 Å². The fourth-order valence-corrected chi connectivity index (χ4v) is 2.72. The number of carbonyl (C=O) groups excluding carboxylic acids is 3. The van der Waals surface area contributed by atoms with Crippen molar-refractivity contribution >= 4 is 29.5 Å². The summed E-state index contributed by atoms with van der Waals surface area (Å²) >= 11 is 1.16. The van der Waals surface area contributed by atoms with Crippen LogP contribution in [0.5, 0.6) is 0 Å². The third-order valence-electron chi connectivity index (χ3n) is 4.44. The van der Waals surface area contributed by atoms with E-state index in [2.05, 4.69) is 15.6 Å². The van der Waals surface area contributed by atoms with E-state index in [9.17, 15) is 14.4 Å². The highest BCUT2D eigenvalue weighted by Crippen LogP contribution is 2.20. The normalized spacial score (nSPS) is 13.1. The lowest BCUT2D eigenvalue weighted by Gasteiger charge is -2.17. The first kappa shape index (κ1) is 23.9. The van der Waals surface area contributed by atoms with Crippen LogP contribution in [0, 0.1) is 11.8 Å². The van der Waals surface area contributed by atoms with Crippen molar-refractivity contribution < 1.29 is 19.1 Å². The van der Waals surface area contributed by atoms with Crippen molar-refractivity contribution in [3.05, 3.63) is 23.9 Å². The largest absolute Gasteiger partial charge is 0.452 e. The fraction of sp³-hybridized carbons (Fsp3) is 0.600. The van der Waals surface area contributed by atoms with E-state index in [0.29, 0.717) is 10.9 Å². The molecule has 0 saturated heterocycles. The van der Waals surface area contributed by atoms with Crippen LogP contribution in [0.1, 0.15) is 51.9 Å². The standard InChI is InChI=1S/C20H31N3O4S/c1-12(2)14(5)22-17(24)10-27-20(26)16-8-7-9-21-19(16)28-11-18(25)23-15(6)13(3)4/h7-9,12-15H,10-11H2,1-6H3,(H,22,24)(H,23,25)/t14-,15-/m1/s1. The van der Waals surface area contributed by atoms with Gasteiger partial charge in [0.05, 0.1) is 11.3 Å². The number of nitrogens with zero attached hydrogens (tertiary/aromatic N) is 1. The van der Waals surface area contributed by atoms with Gasteiger partial charge < -0.3 is 15.4 Å². The van der Waals surface area contributed by atoms with Gasteiger partial charge in [-0.15, -0.1) is 0 Å². The smallest absolute Gasteiger partial charge is 0.341 e. The maximum absolute atomic E-state index is 12.3. The predicted octanol–water partition coefficient (Wildman–Crippen LogP) is 2.65. The van der Waals surface area contributed by atoms with Gasteiger partial charge in [-0.2, -0.15) is 0 Å². The molecule has 156 valence electrons. The van der Waals surface area contributed by atoms with E-state index in [0.717, 1.165) is 11.8 Å². The Balaban J connectivity index is 2.61. The maximum Gasteiger partial charge on any atom is 0.341 e. The molecular formula is C20H31N3O4S. The van der Waals surface area contributed by atoms with Crippen molar-refractivity contribution in [2.24, 2.45) is 11.8 Å². The molecule has 7 nitrogen and oxygen atoms in total. The summed E-state index contributed by atoms with van der Waals surface area (Å²) in [5.41, 5.74) is 0.238. The van der Waals surface area contributed by atoms with Crippen LogP contribution in [0.2, 0.25) is 0 Å². The Bertz CT molecular complexity index is 679. The number of hydrogen-bond acceptors (Lipinski definition) is 6. The molecule has 0 aliphatic heterocycles. The Labute approximate surface area is 171 Å². The Morgan fingerprint density at radius 3 is 2.14 bits per heavy atom. The van der Waals surface area contributed by atoms with Crippen LogP contribution in [0.25, 0.3) is 0 Å². The molecule has 0 aliphatic rings. The molecule has 1 aromatic rings. The van der Waals surface area contributed by atoms with Crippen LogP contribution in [0.3, 0.4) is 0 Å². The average molecular weight is 410 g/mol. The minimum absolute atomic E-state index is 0.0116. The van der Waals surface area contributed by atoms with Crippen molar-refractivity contribution in [1.82, 2.24) is 15.6 Å². The Hall–Kier alpha value is -2.09. The summed E-state index contributed by atoms with van der Waals surface area (Å²) in [7, 11) is 0. The molecule has 0 aliphatic carbocycles. The van der Waals surface area contributed by atoms with Gasteiger partial charge in [-0.05, 0) is 37.8 Å². The molecule has 1 heterocycles. The van der Waals surface area contributed by atoms with Crippen molar-refractivity contribution in [2.45, 2.75) is 58.7 Å². The molecule has 2 atom stereocenters. The van der Waals surface area contributed by atoms with Crippen molar-refractivity contribution in [1.29, 1.82) is 0 Å². The molecule has 0 unspecified atom stereocenters. The van der Waals surface area contributed by atoms with Gasteiger partial charge in [-0.25, -0.2) is 9.78 Å². The van der Waals surface area contributed by atoms with Crippen LogP contribution in [-0.4, -0.2) is 47.2 Å². The summed E-state index contributed by atoms with van der Waals surface area (Å²) in [5.74, 6) is -0.364. The summed E-state index contributed by atoms with van der Waals surface area (Å²) < 4.78 is 5.11. The lowest BCUT2D eigenvalue weighted by molar-refractivity contribution is -0.125. The lowest BCUT2D eigenvalue weighted by atomic mass is 10.1. The second kappa shape index (κ2) is 11.7. The molecule has 8 heteroatoms. The quantitative estimate of drug-likeness (QED) is 0.455. The number of carbonyl (C=O) groups is 3. The predicted molar refractivity (Wildman–Crippen MR) is 110 cm³/mol. The Morgan fingerprint density at radius 2 is 1.57 bits per heavy atom. The lowest BCUT2D eigenvalue weighted by Crippen LogP contribution is -2.38. The second-order valence-electron chi connectivity index (χ2n) is 7.42. The third kappa shape index (κ3) is 8.29. The highest BCUT2D eigenvalue weighted by molar-refractivity contribution is 8.00. The van der Waals surface area contributed by atoms with Gasteiger partial charge in [0.2, 0.25) is 5.91 Å². The zero-order valence-electron chi connectivity index (χ0n) is 17.4. The van der Waals surface area contributed by atoms with Crippen LogP contribution >= 0.6 is 11.8 Å². The van der Waals surface area contributed by atoms with Crippen molar-refractivity contribution in [3.8, 4) is 0 Å². The van der Waals surface area contributed by atoms with Gasteiger partial charge in [0.15, 0.2) is 6.61 Å². The monoisotopic (exact) mass is 409 g/mol. The maximum atomic E-state index is 12.3. The molecule has 2 amide bonds. The number of ether oxygens (including phenoxy) is 1. The number of esters is 1. The molecule has 0 fully saturated rings. The van der Waals surface area contributed by atoms with Crippen LogP contribution < -0.4 is 10.6 Å².